The van der Waals surface area contributed by atoms with Crippen LogP contribution in [0.4, 0.5) is 5.69 Å². The molecule has 0 spiro atoms. The molecule has 5 rings (SSSR count). The lowest BCUT2D eigenvalue weighted by Gasteiger charge is -2.30. The predicted molar refractivity (Wildman–Crippen MR) is 125 cm³/mol. The summed E-state index contributed by atoms with van der Waals surface area (Å²) in [5.41, 5.74) is 9.19. The summed E-state index contributed by atoms with van der Waals surface area (Å²) in [6.45, 7) is 2.66. The minimum absolute atomic E-state index is 0.163. The molecule has 0 bridgehead atoms. The fourth-order valence-electron chi connectivity index (χ4n) is 4.70. The Labute approximate surface area is 182 Å². The van der Waals surface area contributed by atoms with E-state index in [0.717, 1.165) is 38.0 Å². The van der Waals surface area contributed by atoms with E-state index in [-0.39, 0.29) is 10.6 Å². The Morgan fingerprint density at radius 3 is 2.03 bits per heavy atom. The van der Waals surface area contributed by atoms with Gasteiger partial charge in [-0.1, -0.05) is 78.4 Å². The van der Waals surface area contributed by atoms with Crippen molar-refractivity contribution >= 4 is 23.4 Å². The molecule has 3 aromatic rings. The van der Waals surface area contributed by atoms with Crippen molar-refractivity contribution in [1.82, 2.24) is 4.90 Å². The summed E-state index contributed by atoms with van der Waals surface area (Å²) < 4.78 is 0. The van der Waals surface area contributed by atoms with Crippen LogP contribution in [0.3, 0.4) is 0 Å². The molecule has 0 amide bonds. The van der Waals surface area contributed by atoms with Gasteiger partial charge in [0.1, 0.15) is 0 Å². The smallest absolute Gasteiger partial charge is 0.269 e. The van der Waals surface area contributed by atoms with Gasteiger partial charge < -0.3 is 0 Å². The first kappa shape index (κ1) is 19.5. The van der Waals surface area contributed by atoms with E-state index in [4.69, 9.17) is 0 Å². The quantitative estimate of drug-likeness (QED) is 0.300. The van der Waals surface area contributed by atoms with Gasteiger partial charge in [-0.3, -0.25) is 15.0 Å². The van der Waals surface area contributed by atoms with Crippen LogP contribution in [0.5, 0.6) is 0 Å². The number of nitro benzene ring substituents is 1. The van der Waals surface area contributed by atoms with Crippen LogP contribution < -0.4 is 0 Å². The molecule has 1 fully saturated rings. The van der Waals surface area contributed by atoms with Gasteiger partial charge in [-0.15, -0.1) is 0 Å². The SMILES string of the molecule is O=[N+]([O-])c1cccc(CN2CCC(=C3c4ccccc4C=Cc4ccccc43)CC2)c1. The monoisotopic (exact) mass is 408 g/mol. The molecule has 0 aromatic heterocycles. The molecule has 0 N–H and O–H groups in total. The Balaban J connectivity index is 1.43. The molecule has 4 heteroatoms. The Morgan fingerprint density at radius 1 is 0.806 bits per heavy atom. The summed E-state index contributed by atoms with van der Waals surface area (Å²) in [5.74, 6) is 0. The van der Waals surface area contributed by atoms with Gasteiger partial charge >= 0.3 is 0 Å². The van der Waals surface area contributed by atoms with E-state index in [1.807, 2.05) is 6.07 Å². The van der Waals surface area contributed by atoms with Gasteiger partial charge in [0, 0.05) is 31.8 Å². The van der Waals surface area contributed by atoms with Gasteiger partial charge in [-0.25, -0.2) is 0 Å². The second kappa shape index (κ2) is 8.32. The van der Waals surface area contributed by atoms with Crippen molar-refractivity contribution in [3.05, 3.63) is 116 Å². The number of hydrogen-bond acceptors (Lipinski definition) is 3. The summed E-state index contributed by atoms with van der Waals surface area (Å²) in [6, 6.07) is 24.3. The summed E-state index contributed by atoms with van der Waals surface area (Å²) >= 11 is 0. The van der Waals surface area contributed by atoms with Crippen LogP contribution >= 0.6 is 0 Å². The Morgan fingerprint density at radius 2 is 1.42 bits per heavy atom. The van der Waals surface area contributed by atoms with Crippen molar-refractivity contribution in [3.8, 4) is 0 Å². The van der Waals surface area contributed by atoms with E-state index in [0.29, 0.717) is 0 Å². The van der Waals surface area contributed by atoms with Crippen molar-refractivity contribution in [2.24, 2.45) is 0 Å². The molecular weight excluding hydrogens is 384 g/mol. The normalized spacial score (nSPS) is 15.9. The number of nitrogens with zero attached hydrogens (tertiary/aromatic N) is 2. The minimum Gasteiger partial charge on any atom is -0.298 e. The molecule has 0 saturated carbocycles. The maximum Gasteiger partial charge on any atom is 0.269 e. The maximum atomic E-state index is 11.1. The number of fused-ring (bicyclic) bond motifs is 2. The third-order valence-corrected chi connectivity index (χ3v) is 6.24. The van der Waals surface area contributed by atoms with Crippen LogP contribution in [0.2, 0.25) is 0 Å². The largest absolute Gasteiger partial charge is 0.298 e. The van der Waals surface area contributed by atoms with E-state index in [2.05, 4.69) is 65.6 Å². The topological polar surface area (TPSA) is 46.4 Å². The average Bonchev–Trinajstić information content (AvgIpc) is 2.97. The molecule has 1 heterocycles. The van der Waals surface area contributed by atoms with Crippen LogP contribution in [0, 0.1) is 10.1 Å². The molecule has 0 unspecified atom stereocenters. The van der Waals surface area contributed by atoms with Crippen LogP contribution in [0.15, 0.2) is 78.4 Å². The van der Waals surface area contributed by atoms with Gasteiger partial charge in [0.05, 0.1) is 4.92 Å². The molecule has 4 nitrogen and oxygen atoms in total. The van der Waals surface area contributed by atoms with Crippen LogP contribution in [-0.4, -0.2) is 22.9 Å². The van der Waals surface area contributed by atoms with E-state index in [9.17, 15) is 10.1 Å². The maximum absolute atomic E-state index is 11.1. The Bertz CT molecular complexity index is 1150. The van der Waals surface area contributed by atoms with Gasteiger partial charge in [-0.2, -0.15) is 0 Å². The predicted octanol–water partition coefficient (Wildman–Crippen LogP) is 6.18. The lowest BCUT2D eigenvalue weighted by Crippen LogP contribution is -2.30. The van der Waals surface area contributed by atoms with Crippen LogP contribution in [0.25, 0.3) is 17.7 Å². The van der Waals surface area contributed by atoms with E-state index in [1.165, 1.54) is 33.4 Å². The van der Waals surface area contributed by atoms with Gasteiger partial charge in [0.15, 0.2) is 0 Å². The number of likely N-dealkylation sites (tertiary alicyclic amines) is 1. The third-order valence-electron chi connectivity index (χ3n) is 6.24. The highest BCUT2D eigenvalue weighted by atomic mass is 16.6. The molecule has 0 radical (unpaired) electrons. The fourth-order valence-corrected chi connectivity index (χ4v) is 4.70. The first-order valence-electron chi connectivity index (χ1n) is 10.7. The fraction of sp³-hybridized carbons (Fsp3) is 0.185. The molecule has 1 aliphatic carbocycles. The second-order valence-electron chi connectivity index (χ2n) is 8.19. The standard InChI is InChI=1S/C27H24N2O2/c30-29(31)24-9-5-6-20(18-24)19-28-16-14-23(15-17-28)27-25-10-3-1-7-21(25)12-13-22-8-2-4-11-26(22)27/h1-13,18H,14-17,19H2. The molecular formula is C27H24N2O2. The zero-order chi connectivity index (χ0) is 21.2. The second-order valence-corrected chi connectivity index (χ2v) is 8.19. The van der Waals surface area contributed by atoms with Crippen molar-refractivity contribution in [1.29, 1.82) is 0 Å². The first-order chi connectivity index (χ1) is 15.2. The highest BCUT2D eigenvalue weighted by Crippen LogP contribution is 2.38. The third kappa shape index (κ3) is 3.94. The van der Waals surface area contributed by atoms with Gasteiger partial charge in [0.25, 0.3) is 5.69 Å². The molecule has 0 atom stereocenters. The molecule has 154 valence electrons. The van der Waals surface area contributed by atoms with Crippen molar-refractivity contribution in [2.45, 2.75) is 19.4 Å². The van der Waals surface area contributed by atoms with E-state index < -0.39 is 0 Å². The number of nitro groups is 1. The highest BCUT2D eigenvalue weighted by Gasteiger charge is 2.22. The summed E-state index contributed by atoms with van der Waals surface area (Å²) in [7, 11) is 0. The minimum atomic E-state index is -0.322. The van der Waals surface area contributed by atoms with Crippen molar-refractivity contribution in [2.75, 3.05) is 13.1 Å². The van der Waals surface area contributed by atoms with Crippen molar-refractivity contribution in [3.63, 3.8) is 0 Å². The number of benzene rings is 3. The molecule has 1 saturated heterocycles. The zero-order valence-corrected chi connectivity index (χ0v) is 17.3. The number of non-ortho nitro benzene ring substituents is 1. The summed E-state index contributed by atoms with van der Waals surface area (Å²) in [5, 5.41) is 11.1. The van der Waals surface area contributed by atoms with Crippen LogP contribution in [0.1, 0.15) is 40.7 Å². The molecule has 2 aliphatic rings. The van der Waals surface area contributed by atoms with Crippen LogP contribution in [-0.2, 0) is 6.54 Å². The lowest BCUT2D eigenvalue weighted by atomic mass is 9.86. The zero-order valence-electron chi connectivity index (χ0n) is 17.3. The van der Waals surface area contributed by atoms with Gasteiger partial charge in [0.2, 0.25) is 0 Å². The first-order valence-corrected chi connectivity index (χ1v) is 10.7. The Hall–Kier alpha value is -3.50. The molecule has 31 heavy (non-hydrogen) atoms. The molecule has 1 aliphatic heterocycles. The van der Waals surface area contributed by atoms with E-state index in [1.54, 1.807) is 18.2 Å². The number of rotatable bonds is 3. The number of hydrogen-bond donors (Lipinski definition) is 0. The van der Waals surface area contributed by atoms with Gasteiger partial charge in [-0.05, 0) is 46.2 Å². The summed E-state index contributed by atoms with van der Waals surface area (Å²) in [6.07, 6.45) is 6.46. The lowest BCUT2D eigenvalue weighted by molar-refractivity contribution is -0.384. The Kier molecular flexibility index (Phi) is 5.23. The number of piperidine rings is 1. The summed E-state index contributed by atoms with van der Waals surface area (Å²) in [4.78, 5) is 13.2. The molecule has 3 aromatic carbocycles. The van der Waals surface area contributed by atoms with Crippen molar-refractivity contribution < 1.29 is 4.92 Å². The average molecular weight is 409 g/mol. The highest BCUT2D eigenvalue weighted by molar-refractivity contribution is 5.94. The van der Waals surface area contributed by atoms with E-state index >= 15 is 0 Å².